The molecule has 27 heavy (non-hydrogen) atoms. The van der Waals surface area contributed by atoms with E-state index in [4.69, 9.17) is 8.94 Å². The van der Waals surface area contributed by atoms with Gasteiger partial charge in [0.05, 0.1) is 5.39 Å². The van der Waals surface area contributed by atoms with E-state index < -0.39 is 0 Å². The number of oxazole rings is 1. The first-order chi connectivity index (χ1) is 13.2. The summed E-state index contributed by atoms with van der Waals surface area (Å²) in [6, 6.07) is 11.3. The van der Waals surface area contributed by atoms with Crippen LogP contribution in [0.2, 0.25) is 0 Å². The summed E-state index contributed by atoms with van der Waals surface area (Å²) >= 11 is 0. The Morgan fingerprint density at radius 1 is 1.15 bits per heavy atom. The average Bonchev–Trinajstić information content (AvgIpc) is 3.19. The Bertz CT molecular complexity index is 1140. The van der Waals surface area contributed by atoms with Crippen LogP contribution in [0.4, 0.5) is 4.39 Å². The summed E-state index contributed by atoms with van der Waals surface area (Å²) in [6.07, 6.45) is 3.52. The monoisotopic (exact) mass is 363 g/mol. The Morgan fingerprint density at radius 2 is 1.96 bits per heavy atom. The molecule has 2 aromatic carbocycles. The van der Waals surface area contributed by atoms with Crippen LogP contribution in [0.15, 0.2) is 57.7 Å². The zero-order chi connectivity index (χ0) is 18.4. The van der Waals surface area contributed by atoms with Gasteiger partial charge in [0.15, 0.2) is 5.58 Å². The van der Waals surface area contributed by atoms with Gasteiger partial charge in [0.25, 0.3) is 5.91 Å². The lowest BCUT2D eigenvalue weighted by atomic mass is 10.1. The van der Waals surface area contributed by atoms with Gasteiger partial charge in [-0.05, 0) is 55.3 Å². The minimum absolute atomic E-state index is 0.112. The fourth-order valence-electron chi connectivity index (χ4n) is 2.87. The molecular weight excluding hydrogens is 349 g/mol. The van der Waals surface area contributed by atoms with Crippen LogP contribution in [0, 0.1) is 5.82 Å². The van der Waals surface area contributed by atoms with E-state index in [0.717, 1.165) is 12.8 Å². The van der Waals surface area contributed by atoms with Crippen LogP contribution in [0.1, 0.15) is 23.2 Å². The molecule has 0 spiro atoms. The molecule has 0 atom stereocenters. The van der Waals surface area contributed by atoms with E-state index in [1.54, 1.807) is 30.3 Å². The normalized spacial score (nSPS) is 13.8. The second kappa shape index (κ2) is 6.05. The number of hydrogen-bond donors (Lipinski definition) is 1. The highest BCUT2D eigenvalue weighted by atomic mass is 19.1. The summed E-state index contributed by atoms with van der Waals surface area (Å²) in [5.74, 6) is -0.0903. The summed E-state index contributed by atoms with van der Waals surface area (Å²) < 4.78 is 23.9. The molecule has 1 fully saturated rings. The zero-order valence-electron chi connectivity index (χ0n) is 14.1. The van der Waals surface area contributed by atoms with Crippen LogP contribution in [-0.2, 0) is 0 Å². The molecule has 0 aliphatic heterocycles. The van der Waals surface area contributed by atoms with Gasteiger partial charge in [-0.3, -0.25) is 4.79 Å². The topological polar surface area (TPSA) is 81.2 Å². The van der Waals surface area contributed by atoms with Crippen molar-refractivity contribution >= 4 is 16.9 Å². The smallest absolute Gasteiger partial charge is 0.251 e. The predicted octanol–water partition coefficient (Wildman–Crippen LogP) is 4.18. The number of fused-ring (bicyclic) bond motifs is 1. The number of benzene rings is 2. The number of halogens is 1. The number of nitrogens with one attached hydrogen (secondary N) is 1. The zero-order valence-corrected chi connectivity index (χ0v) is 14.1. The third kappa shape index (κ3) is 2.97. The Hall–Kier alpha value is -3.48. The molecule has 134 valence electrons. The number of amides is 1. The highest BCUT2D eigenvalue weighted by Crippen LogP contribution is 2.30. The average molecular weight is 363 g/mol. The molecule has 1 aliphatic rings. The van der Waals surface area contributed by atoms with Gasteiger partial charge in [-0.25, -0.2) is 9.37 Å². The second-order valence-corrected chi connectivity index (χ2v) is 6.53. The van der Waals surface area contributed by atoms with Gasteiger partial charge >= 0.3 is 0 Å². The predicted molar refractivity (Wildman–Crippen MR) is 95.4 cm³/mol. The van der Waals surface area contributed by atoms with E-state index in [1.807, 2.05) is 0 Å². The molecule has 1 N–H and O–H groups in total. The minimum atomic E-state index is -0.329. The number of hydrogen-bond acceptors (Lipinski definition) is 5. The molecule has 1 amide bonds. The van der Waals surface area contributed by atoms with Crippen molar-refractivity contribution in [1.29, 1.82) is 0 Å². The summed E-state index contributed by atoms with van der Waals surface area (Å²) in [4.78, 5) is 16.7. The first-order valence-corrected chi connectivity index (χ1v) is 8.59. The maximum Gasteiger partial charge on any atom is 0.251 e. The van der Waals surface area contributed by atoms with Crippen LogP contribution in [-0.4, -0.2) is 22.1 Å². The molecule has 1 saturated carbocycles. The van der Waals surface area contributed by atoms with Crippen molar-refractivity contribution in [2.75, 3.05) is 0 Å². The molecule has 0 bridgehead atoms. The van der Waals surface area contributed by atoms with Gasteiger partial charge in [-0.1, -0.05) is 5.16 Å². The largest absolute Gasteiger partial charge is 0.444 e. The Balaban J connectivity index is 1.51. The minimum Gasteiger partial charge on any atom is -0.444 e. The van der Waals surface area contributed by atoms with E-state index in [2.05, 4.69) is 15.5 Å². The van der Waals surface area contributed by atoms with Crippen molar-refractivity contribution in [3.63, 3.8) is 0 Å². The number of nitrogens with zero attached hydrogens (tertiary/aromatic N) is 2. The van der Waals surface area contributed by atoms with Crippen LogP contribution in [0.5, 0.6) is 0 Å². The maximum absolute atomic E-state index is 13.1. The number of rotatable bonds is 4. The van der Waals surface area contributed by atoms with Crippen molar-refractivity contribution in [2.24, 2.45) is 0 Å². The molecule has 7 heteroatoms. The van der Waals surface area contributed by atoms with Gasteiger partial charge in [-0.15, -0.1) is 0 Å². The highest BCUT2D eigenvalue weighted by molar-refractivity contribution is 6.00. The SMILES string of the molecule is O=C(NC1CC1)c1ccc2onc(-c3coc(-c4ccc(F)cc4)n3)c2c1. The lowest BCUT2D eigenvalue weighted by Crippen LogP contribution is -2.25. The molecule has 1 aliphatic carbocycles. The second-order valence-electron chi connectivity index (χ2n) is 6.53. The standard InChI is InChI=1S/C20H14FN3O3/c21-13-4-1-11(2-5-13)20-23-16(10-26-20)18-15-9-12(3-8-17(15)27-24-18)19(25)22-14-6-7-14/h1-5,8-10,14H,6-7H2,(H,22,25). The van der Waals surface area contributed by atoms with E-state index >= 15 is 0 Å². The first-order valence-electron chi connectivity index (χ1n) is 8.59. The molecule has 0 radical (unpaired) electrons. The summed E-state index contributed by atoms with van der Waals surface area (Å²) in [7, 11) is 0. The van der Waals surface area contributed by atoms with Gasteiger partial charge < -0.3 is 14.3 Å². The molecule has 6 nitrogen and oxygen atoms in total. The summed E-state index contributed by atoms with van der Waals surface area (Å²) in [5.41, 5.74) is 2.72. The van der Waals surface area contributed by atoms with Crippen molar-refractivity contribution in [3.8, 4) is 22.8 Å². The van der Waals surface area contributed by atoms with Crippen molar-refractivity contribution in [1.82, 2.24) is 15.5 Å². The Kier molecular flexibility index (Phi) is 3.53. The lowest BCUT2D eigenvalue weighted by molar-refractivity contribution is 0.0951. The van der Waals surface area contributed by atoms with E-state index in [-0.39, 0.29) is 17.8 Å². The van der Waals surface area contributed by atoms with Crippen molar-refractivity contribution in [3.05, 3.63) is 60.1 Å². The van der Waals surface area contributed by atoms with Crippen LogP contribution in [0.3, 0.4) is 0 Å². The van der Waals surface area contributed by atoms with Crippen LogP contribution >= 0.6 is 0 Å². The molecule has 2 aromatic heterocycles. The van der Waals surface area contributed by atoms with Gasteiger partial charge in [0, 0.05) is 17.2 Å². The number of carbonyl (C=O) groups is 1. The van der Waals surface area contributed by atoms with Crippen molar-refractivity contribution < 1.29 is 18.1 Å². The molecule has 5 rings (SSSR count). The molecule has 2 heterocycles. The van der Waals surface area contributed by atoms with E-state index in [9.17, 15) is 9.18 Å². The Labute approximate surface area is 153 Å². The van der Waals surface area contributed by atoms with E-state index in [1.165, 1.54) is 18.4 Å². The molecule has 0 saturated heterocycles. The van der Waals surface area contributed by atoms with Gasteiger partial charge in [0.1, 0.15) is 23.5 Å². The number of carbonyl (C=O) groups excluding carboxylic acids is 1. The van der Waals surface area contributed by atoms with Gasteiger partial charge in [-0.2, -0.15) is 0 Å². The summed E-state index contributed by atoms with van der Waals surface area (Å²) in [5, 5.41) is 7.71. The fraction of sp³-hybridized carbons (Fsp3) is 0.150. The van der Waals surface area contributed by atoms with Crippen molar-refractivity contribution in [2.45, 2.75) is 18.9 Å². The molecule has 0 unspecified atom stereocenters. The lowest BCUT2D eigenvalue weighted by Gasteiger charge is -2.02. The quantitative estimate of drug-likeness (QED) is 0.588. The van der Waals surface area contributed by atoms with Crippen LogP contribution < -0.4 is 5.32 Å². The maximum atomic E-state index is 13.1. The highest BCUT2D eigenvalue weighted by Gasteiger charge is 2.24. The van der Waals surface area contributed by atoms with Crippen LogP contribution in [0.25, 0.3) is 33.8 Å². The molecular formula is C20H14FN3O3. The van der Waals surface area contributed by atoms with Gasteiger partial charge in [0.2, 0.25) is 5.89 Å². The first kappa shape index (κ1) is 15.7. The third-order valence-electron chi connectivity index (χ3n) is 4.48. The third-order valence-corrected chi connectivity index (χ3v) is 4.48. The molecule has 4 aromatic rings. The summed E-state index contributed by atoms with van der Waals surface area (Å²) in [6.45, 7) is 0. The fourth-order valence-corrected chi connectivity index (χ4v) is 2.87. The Morgan fingerprint density at radius 3 is 2.74 bits per heavy atom. The van der Waals surface area contributed by atoms with E-state index in [0.29, 0.717) is 39.4 Å². The number of aromatic nitrogens is 2.